The molecule has 1 aliphatic heterocycles. The maximum Gasteiger partial charge on any atom is 0.340 e. The summed E-state index contributed by atoms with van der Waals surface area (Å²) in [6.45, 7) is 6.56. The van der Waals surface area contributed by atoms with Gasteiger partial charge in [-0.15, -0.1) is 0 Å². The van der Waals surface area contributed by atoms with Gasteiger partial charge in [0, 0.05) is 32.7 Å². The highest BCUT2D eigenvalue weighted by atomic mass is 16.5. The second-order valence-corrected chi connectivity index (χ2v) is 8.74. The van der Waals surface area contributed by atoms with E-state index in [1.807, 2.05) is 85.8 Å². The highest BCUT2D eigenvalue weighted by Gasteiger charge is 2.23. The maximum atomic E-state index is 12.3. The topological polar surface area (TPSA) is 71.5 Å². The maximum absolute atomic E-state index is 12.3. The average molecular weight is 491 g/mol. The number of esters is 1. The van der Waals surface area contributed by atoms with E-state index in [1.165, 1.54) is 0 Å². The molecule has 0 amide bonds. The van der Waals surface area contributed by atoms with E-state index < -0.39 is 6.10 Å². The summed E-state index contributed by atoms with van der Waals surface area (Å²) in [4.78, 5) is 16.7. The molecule has 7 nitrogen and oxygen atoms in total. The number of nitrogens with zero attached hydrogens (tertiary/aromatic N) is 2. The SMILES string of the molecule is CCOC(=O)c1ccccc1N1CCN(CC(O)COc2ccc(OCc3ccccc3)cc2)CC1. The summed E-state index contributed by atoms with van der Waals surface area (Å²) in [5, 5.41) is 10.5. The quantitative estimate of drug-likeness (QED) is 0.407. The molecule has 3 aromatic carbocycles. The molecule has 1 unspecified atom stereocenters. The van der Waals surface area contributed by atoms with Crippen molar-refractivity contribution >= 4 is 11.7 Å². The fourth-order valence-electron chi connectivity index (χ4n) is 4.22. The van der Waals surface area contributed by atoms with Crippen LogP contribution < -0.4 is 14.4 Å². The number of para-hydroxylation sites is 1. The third-order valence-corrected chi connectivity index (χ3v) is 6.10. The number of rotatable bonds is 11. The monoisotopic (exact) mass is 490 g/mol. The zero-order valence-electron chi connectivity index (χ0n) is 20.7. The van der Waals surface area contributed by atoms with Gasteiger partial charge in [0.1, 0.15) is 30.8 Å². The van der Waals surface area contributed by atoms with Gasteiger partial charge in [0.25, 0.3) is 0 Å². The molecule has 1 fully saturated rings. The Kier molecular flexibility index (Phi) is 9.19. The van der Waals surface area contributed by atoms with E-state index in [9.17, 15) is 9.90 Å². The van der Waals surface area contributed by atoms with E-state index in [-0.39, 0.29) is 12.6 Å². The summed E-state index contributed by atoms with van der Waals surface area (Å²) >= 11 is 0. The molecule has 4 rings (SSSR count). The van der Waals surface area contributed by atoms with Gasteiger partial charge in [-0.3, -0.25) is 4.90 Å². The Morgan fingerprint density at radius 2 is 1.50 bits per heavy atom. The first-order chi connectivity index (χ1) is 17.6. The van der Waals surface area contributed by atoms with Crippen molar-refractivity contribution in [2.24, 2.45) is 0 Å². The second kappa shape index (κ2) is 13.0. The van der Waals surface area contributed by atoms with Gasteiger partial charge in [0.05, 0.1) is 17.9 Å². The number of aliphatic hydroxyl groups excluding tert-OH is 1. The number of hydrogen-bond acceptors (Lipinski definition) is 7. The molecule has 0 aliphatic carbocycles. The van der Waals surface area contributed by atoms with E-state index in [0.29, 0.717) is 31.1 Å². The predicted octanol–water partition coefficient (Wildman–Crippen LogP) is 4.00. The van der Waals surface area contributed by atoms with E-state index in [0.717, 1.165) is 43.2 Å². The molecule has 190 valence electrons. The molecule has 0 aromatic heterocycles. The van der Waals surface area contributed by atoms with E-state index in [2.05, 4.69) is 9.80 Å². The first kappa shape index (κ1) is 25.5. The molecule has 1 N–H and O–H groups in total. The molecule has 1 saturated heterocycles. The van der Waals surface area contributed by atoms with E-state index in [4.69, 9.17) is 14.2 Å². The lowest BCUT2D eigenvalue weighted by Gasteiger charge is -2.37. The summed E-state index contributed by atoms with van der Waals surface area (Å²) in [5.41, 5.74) is 2.61. The van der Waals surface area contributed by atoms with Crippen molar-refractivity contribution in [3.8, 4) is 11.5 Å². The number of hydrogen-bond donors (Lipinski definition) is 1. The van der Waals surface area contributed by atoms with Crippen LogP contribution in [0.3, 0.4) is 0 Å². The van der Waals surface area contributed by atoms with Gasteiger partial charge in [-0.2, -0.15) is 0 Å². The number of aliphatic hydroxyl groups is 1. The normalized spacial score (nSPS) is 14.8. The molecule has 3 aromatic rings. The van der Waals surface area contributed by atoms with E-state index >= 15 is 0 Å². The molecular formula is C29H34N2O5. The summed E-state index contributed by atoms with van der Waals surface area (Å²) in [6.07, 6.45) is -0.600. The van der Waals surface area contributed by atoms with Gasteiger partial charge in [-0.25, -0.2) is 4.79 Å². The Morgan fingerprint density at radius 1 is 0.861 bits per heavy atom. The number of piperazine rings is 1. The van der Waals surface area contributed by atoms with Crippen molar-refractivity contribution in [2.45, 2.75) is 19.6 Å². The van der Waals surface area contributed by atoms with Crippen LogP contribution in [0.5, 0.6) is 11.5 Å². The number of ether oxygens (including phenoxy) is 3. The summed E-state index contributed by atoms with van der Waals surface area (Å²) in [5.74, 6) is 1.18. The minimum absolute atomic E-state index is 0.218. The zero-order chi connectivity index (χ0) is 25.2. The van der Waals surface area contributed by atoms with Crippen molar-refractivity contribution in [1.82, 2.24) is 4.90 Å². The summed E-state index contributed by atoms with van der Waals surface area (Å²) in [6, 6.07) is 25.0. The van der Waals surface area contributed by atoms with Gasteiger partial charge in [0.2, 0.25) is 0 Å². The first-order valence-corrected chi connectivity index (χ1v) is 12.4. The summed E-state index contributed by atoms with van der Waals surface area (Å²) in [7, 11) is 0. The molecule has 0 radical (unpaired) electrons. The molecule has 0 saturated carbocycles. The molecule has 1 heterocycles. The van der Waals surface area contributed by atoms with Crippen LogP contribution in [0.2, 0.25) is 0 Å². The lowest BCUT2D eigenvalue weighted by Crippen LogP contribution is -2.49. The van der Waals surface area contributed by atoms with Gasteiger partial charge in [-0.1, -0.05) is 42.5 Å². The van der Waals surface area contributed by atoms with Crippen molar-refractivity contribution in [2.75, 3.05) is 50.8 Å². The number of carbonyl (C=O) groups is 1. The Bertz CT molecular complexity index is 1080. The first-order valence-electron chi connectivity index (χ1n) is 12.4. The van der Waals surface area contributed by atoms with Crippen molar-refractivity contribution < 1.29 is 24.1 Å². The number of carbonyl (C=O) groups excluding carboxylic acids is 1. The highest BCUT2D eigenvalue weighted by Crippen LogP contribution is 2.23. The smallest absolute Gasteiger partial charge is 0.340 e. The van der Waals surface area contributed by atoms with Crippen LogP contribution >= 0.6 is 0 Å². The van der Waals surface area contributed by atoms with Gasteiger partial charge >= 0.3 is 5.97 Å². The van der Waals surface area contributed by atoms with Crippen LogP contribution in [0.25, 0.3) is 0 Å². The number of anilines is 1. The predicted molar refractivity (Wildman–Crippen MR) is 140 cm³/mol. The largest absolute Gasteiger partial charge is 0.491 e. The van der Waals surface area contributed by atoms with Gasteiger partial charge in [0.15, 0.2) is 0 Å². The number of benzene rings is 3. The minimum Gasteiger partial charge on any atom is -0.491 e. The van der Waals surface area contributed by atoms with Crippen LogP contribution in [0.15, 0.2) is 78.9 Å². The molecule has 7 heteroatoms. The van der Waals surface area contributed by atoms with Gasteiger partial charge in [-0.05, 0) is 48.9 Å². The third-order valence-electron chi connectivity index (χ3n) is 6.10. The van der Waals surface area contributed by atoms with Crippen LogP contribution in [0, 0.1) is 0 Å². The average Bonchev–Trinajstić information content (AvgIpc) is 2.92. The minimum atomic E-state index is -0.600. The summed E-state index contributed by atoms with van der Waals surface area (Å²) < 4.78 is 16.8. The third kappa shape index (κ3) is 7.23. The van der Waals surface area contributed by atoms with Crippen LogP contribution in [-0.4, -0.2) is 68.0 Å². The lowest BCUT2D eigenvalue weighted by molar-refractivity contribution is 0.0526. The van der Waals surface area contributed by atoms with E-state index in [1.54, 1.807) is 0 Å². The van der Waals surface area contributed by atoms with Crippen LogP contribution in [-0.2, 0) is 11.3 Å². The fourth-order valence-corrected chi connectivity index (χ4v) is 4.22. The van der Waals surface area contributed by atoms with Crippen molar-refractivity contribution in [3.05, 3.63) is 90.0 Å². The van der Waals surface area contributed by atoms with Crippen molar-refractivity contribution in [1.29, 1.82) is 0 Å². The fraction of sp³-hybridized carbons (Fsp3) is 0.345. The van der Waals surface area contributed by atoms with Gasteiger partial charge < -0.3 is 24.2 Å². The second-order valence-electron chi connectivity index (χ2n) is 8.74. The highest BCUT2D eigenvalue weighted by molar-refractivity contribution is 5.95. The Balaban J connectivity index is 1.19. The zero-order valence-corrected chi connectivity index (χ0v) is 20.7. The lowest BCUT2D eigenvalue weighted by atomic mass is 10.1. The molecule has 0 bridgehead atoms. The molecule has 36 heavy (non-hydrogen) atoms. The Hall–Kier alpha value is -3.55. The molecule has 1 atom stereocenters. The van der Waals surface area contributed by atoms with Crippen LogP contribution in [0.4, 0.5) is 5.69 Å². The molecule has 1 aliphatic rings. The Labute approximate surface area is 212 Å². The van der Waals surface area contributed by atoms with Crippen LogP contribution in [0.1, 0.15) is 22.8 Å². The standard InChI is InChI=1S/C29H34N2O5/c1-2-34-29(33)27-10-6-7-11-28(27)31-18-16-30(17-19-31)20-24(32)22-36-26-14-12-25(13-15-26)35-21-23-8-4-3-5-9-23/h3-15,24,32H,2,16-22H2,1H3. The number of β-amino-alcohol motifs (C(OH)–C–C–N with tert-alkyl or cyclic N) is 1. The molecule has 0 spiro atoms. The molecular weight excluding hydrogens is 456 g/mol. The van der Waals surface area contributed by atoms with Crippen molar-refractivity contribution in [3.63, 3.8) is 0 Å². The Morgan fingerprint density at radius 3 is 2.19 bits per heavy atom.